The quantitative estimate of drug-likeness (QED) is 0.585. The third-order valence-electron chi connectivity index (χ3n) is 3.01. The smallest absolute Gasteiger partial charge is 0.387 e. The van der Waals surface area contributed by atoms with E-state index >= 15 is 0 Å². The maximum Gasteiger partial charge on any atom is 0.399 e. The fourth-order valence-corrected chi connectivity index (χ4v) is 2.01. The maximum absolute atomic E-state index is 12.6. The van der Waals surface area contributed by atoms with Crippen molar-refractivity contribution in [3.8, 4) is 0 Å². The van der Waals surface area contributed by atoms with E-state index in [2.05, 4.69) is 0 Å². The van der Waals surface area contributed by atoms with Gasteiger partial charge in [-0.15, -0.1) is 0 Å². The number of piperidine rings is 1. The molecular weight excluding hydrogens is 235 g/mol. The predicted molar refractivity (Wildman–Crippen MR) is 57.9 cm³/mol. The SMILES string of the molecule is COC1CCCN(CC(C(=N)N)C(F)(F)F)C1. The predicted octanol–water partition coefficient (Wildman–Crippen LogP) is 1.21. The fraction of sp³-hybridized carbons (Fsp3) is 0.900. The van der Waals surface area contributed by atoms with Gasteiger partial charge in [-0.3, -0.25) is 10.3 Å². The molecule has 1 rings (SSSR count). The monoisotopic (exact) mass is 253 g/mol. The van der Waals surface area contributed by atoms with E-state index in [1.54, 1.807) is 12.0 Å². The second-order valence-corrected chi connectivity index (χ2v) is 4.31. The minimum Gasteiger partial charge on any atom is -0.387 e. The Morgan fingerprint density at radius 3 is 2.71 bits per heavy atom. The number of nitrogens with two attached hydrogens (primary N) is 1. The van der Waals surface area contributed by atoms with E-state index in [9.17, 15) is 13.2 Å². The van der Waals surface area contributed by atoms with Gasteiger partial charge in [0.2, 0.25) is 0 Å². The molecule has 0 amide bonds. The van der Waals surface area contributed by atoms with Gasteiger partial charge >= 0.3 is 6.18 Å². The van der Waals surface area contributed by atoms with Gasteiger partial charge in [0.1, 0.15) is 11.8 Å². The normalized spacial score (nSPS) is 24.6. The molecule has 3 N–H and O–H groups in total. The molecule has 0 spiro atoms. The van der Waals surface area contributed by atoms with Gasteiger partial charge in [-0.1, -0.05) is 0 Å². The zero-order chi connectivity index (χ0) is 13.1. The standard InChI is InChI=1S/C10H18F3N3O/c1-17-7-3-2-4-16(5-7)6-8(9(14)15)10(11,12)13/h7-8H,2-6H2,1H3,(H3,14,15). The van der Waals surface area contributed by atoms with E-state index in [0.29, 0.717) is 13.1 Å². The fourth-order valence-electron chi connectivity index (χ4n) is 2.01. The second-order valence-electron chi connectivity index (χ2n) is 4.31. The number of methoxy groups -OCH3 is 1. The maximum atomic E-state index is 12.6. The molecular formula is C10H18F3N3O. The Kier molecular flexibility index (Phi) is 4.76. The highest BCUT2D eigenvalue weighted by atomic mass is 19.4. The summed E-state index contributed by atoms with van der Waals surface area (Å²) in [5.74, 6) is -2.70. The molecule has 1 heterocycles. The number of nitrogens with one attached hydrogen (secondary N) is 1. The average molecular weight is 253 g/mol. The molecule has 2 unspecified atom stereocenters. The Hall–Kier alpha value is -0.820. The molecule has 1 saturated heterocycles. The number of alkyl halides is 3. The summed E-state index contributed by atoms with van der Waals surface area (Å²) in [5, 5.41) is 7.02. The van der Waals surface area contributed by atoms with Gasteiger partial charge in [-0.25, -0.2) is 0 Å². The number of amidine groups is 1. The number of rotatable bonds is 4. The first-order valence-electron chi connectivity index (χ1n) is 5.50. The molecule has 0 radical (unpaired) electrons. The molecule has 0 aromatic rings. The number of hydrogen-bond donors (Lipinski definition) is 2. The summed E-state index contributed by atoms with van der Waals surface area (Å²) in [4.78, 5) is 1.66. The molecule has 1 fully saturated rings. The van der Waals surface area contributed by atoms with Crippen LogP contribution in [0.3, 0.4) is 0 Å². The Morgan fingerprint density at radius 2 is 2.24 bits per heavy atom. The Morgan fingerprint density at radius 1 is 1.59 bits per heavy atom. The molecule has 100 valence electrons. The molecule has 4 nitrogen and oxygen atoms in total. The summed E-state index contributed by atoms with van der Waals surface area (Å²) >= 11 is 0. The van der Waals surface area contributed by atoms with E-state index in [-0.39, 0.29) is 12.6 Å². The summed E-state index contributed by atoms with van der Waals surface area (Å²) in [6.45, 7) is 0.814. The molecule has 0 aromatic heterocycles. The van der Waals surface area contributed by atoms with Crippen LogP contribution in [0.1, 0.15) is 12.8 Å². The number of hydrogen-bond acceptors (Lipinski definition) is 3. The van der Waals surface area contributed by atoms with Crippen LogP contribution in [0, 0.1) is 11.3 Å². The van der Waals surface area contributed by atoms with Crippen molar-refractivity contribution < 1.29 is 17.9 Å². The molecule has 1 aliphatic rings. The minimum atomic E-state index is -4.45. The molecule has 1 aliphatic heterocycles. The van der Waals surface area contributed by atoms with Crippen LogP contribution in [0.25, 0.3) is 0 Å². The van der Waals surface area contributed by atoms with Crippen LogP contribution in [-0.4, -0.2) is 49.8 Å². The number of likely N-dealkylation sites (tertiary alicyclic amines) is 1. The van der Waals surface area contributed by atoms with Crippen molar-refractivity contribution in [1.82, 2.24) is 4.90 Å². The van der Waals surface area contributed by atoms with Crippen LogP contribution in [0.2, 0.25) is 0 Å². The van der Waals surface area contributed by atoms with Gasteiger partial charge in [0.15, 0.2) is 0 Å². The van der Waals surface area contributed by atoms with Gasteiger partial charge in [0.05, 0.1) is 6.10 Å². The summed E-state index contributed by atoms with van der Waals surface area (Å²) in [6.07, 6.45) is -2.80. The lowest BCUT2D eigenvalue weighted by Gasteiger charge is -2.34. The highest BCUT2D eigenvalue weighted by molar-refractivity contribution is 5.80. The number of nitrogens with zero attached hydrogens (tertiary/aromatic N) is 1. The molecule has 0 bridgehead atoms. The Labute approximate surface area is 98.4 Å². The van der Waals surface area contributed by atoms with Gasteiger partial charge in [0, 0.05) is 20.2 Å². The molecule has 2 atom stereocenters. The largest absolute Gasteiger partial charge is 0.399 e. The minimum absolute atomic E-state index is 0.0235. The third-order valence-corrected chi connectivity index (χ3v) is 3.01. The molecule has 0 saturated carbocycles. The van der Waals surface area contributed by atoms with Crippen LogP contribution in [-0.2, 0) is 4.74 Å². The van der Waals surface area contributed by atoms with Crippen LogP contribution < -0.4 is 5.73 Å². The third kappa shape index (κ3) is 4.16. The summed E-state index contributed by atoms with van der Waals surface area (Å²) in [5.41, 5.74) is 5.01. The first-order chi connectivity index (χ1) is 7.84. The van der Waals surface area contributed by atoms with E-state index in [1.807, 2.05) is 0 Å². The van der Waals surface area contributed by atoms with Crippen molar-refractivity contribution in [2.24, 2.45) is 11.7 Å². The van der Waals surface area contributed by atoms with E-state index in [0.717, 1.165) is 12.8 Å². The van der Waals surface area contributed by atoms with Crippen molar-refractivity contribution >= 4 is 5.84 Å². The van der Waals surface area contributed by atoms with Crippen molar-refractivity contribution in [1.29, 1.82) is 5.41 Å². The van der Waals surface area contributed by atoms with E-state index in [1.165, 1.54) is 0 Å². The van der Waals surface area contributed by atoms with Crippen molar-refractivity contribution in [2.75, 3.05) is 26.7 Å². The van der Waals surface area contributed by atoms with Crippen LogP contribution in [0.4, 0.5) is 13.2 Å². The zero-order valence-corrected chi connectivity index (χ0v) is 9.76. The van der Waals surface area contributed by atoms with Crippen LogP contribution >= 0.6 is 0 Å². The summed E-state index contributed by atoms with van der Waals surface area (Å²) in [7, 11) is 1.56. The van der Waals surface area contributed by atoms with Crippen LogP contribution in [0.15, 0.2) is 0 Å². The lowest BCUT2D eigenvalue weighted by Crippen LogP contribution is -2.48. The highest BCUT2D eigenvalue weighted by Crippen LogP contribution is 2.28. The van der Waals surface area contributed by atoms with E-state index < -0.39 is 17.9 Å². The molecule has 0 aromatic carbocycles. The highest BCUT2D eigenvalue weighted by Gasteiger charge is 2.43. The Balaban J connectivity index is 2.58. The van der Waals surface area contributed by atoms with Crippen LogP contribution in [0.5, 0.6) is 0 Å². The number of ether oxygens (including phenoxy) is 1. The number of halogens is 3. The first-order valence-corrected chi connectivity index (χ1v) is 5.50. The lowest BCUT2D eigenvalue weighted by molar-refractivity contribution is -0.161. The summed E-state index contributed by atoms with van der Waals surface area (Å²) in [6, 6.07) is 0. The van der Waals surface area contributed by atoms with Gasteiger partial charge < -0.3 is 10.5 Å². The lowest BCUT2D eigenvalue weighted by atomic mass is 10.0. The van der Waals surface area contributed by atoms with Crippen molar-refractivity contribution in [2.45, 2.75) is 25.1 Å². The van der Waals surface area contributed by atoms with Crippen molar-refractivity contribution in [3.05, 3.63) is 0 Å². The van der Waals surface area contributed by atoms with Gasteiger partial charge in [-0.2, -0.15) is 13.2 Å². The second kappa shape index (κ2) is 5.68. The van der Waals surface area contributed by atoms with Gasteiger partial charge in [-0.05, 0) is 19.4 Å². The molecule has 0 aliphatic carbocycles. The first kappa shape index (κ1) is 14.2. The van der Waals surface area contributed by atoms with E-state index in [4.69, 9.17) is 15.9 Å². The summed E-state index contributed by atoms with van der Waals surface area (Å²) < 4.78 is 43.0. The molecule has 7 heteroatoms. The van der Waals surface area contributed by atoms with Gasteiger partial charge in [0.25, 0.3) is 0 Å². The average Bonchev–Trinajstić information content (AvgIpc) is 2.24. The topological polar surface area (TPSA) is 62.3 Å². The zero-order valence-electron chi connectivity index (χ0n) is 9.76. The Bertz CT molecular complexity index is 270. The van der Waals surface area contributed by atoms with Crippen molar-refractivity contribution in [3.63, 3.8) is 0 Å². The molecule has 17 heavy (non-hydrogen) atoms.